The van der Waals surface area contributed by atoms with Crippen LogP contribution >= 0.6 is 0 Å². The molecule has 4 aromatic rings. The Morgan fingerprint density at radius 2 is 1.84 bits per heavy atom. The van der Waals surface area contributed by atoms with Crippen LogP contribution in [-0.4, -0.2) is 31.2 Å². The number of rotatable bonds is 7. The maximum Gasteiger partial charge on any atom is 0.276 e. The van der Waals surface area contributed by atoms with E-state index in [1.54, 1.807) is 36.7 Å². The highest BCUT2D eigenvalue weighted by atomic mass is 16.5. The summed E-state index contributed by atoms with van der Waals surface area (Å²) in [7, 11) is 0. The molecule has 3 aromatic heterocycles. The lowest BCUT2D eigenvalue weighted by molar-refractivity contribution is 0.102. The van der Waals surface area contributed by atoms with Crippen molar-refractivity contribution in [3.63, 3.8) is 0 Å². The number of anilines is 2. The van der Waals surface area contributed by atoms with E-state index in [4.69, 9.17) is 4.52 Å². The number of para-hydroxylation sites is 1. The molecule has 156 valence electrons. The zero-order chi connectivity index (χ0) is 21.6. The van der Waals surface area contributed by atoms with Crippen LogP contribution in [0.15, 0.2) is 71.5 Å². The average Bonchev–Trinajstić information content (AvgIpc) is 3.29. The van der Waals surface area contributed by atoms with Crippen LogP contribution in [0.2, 0.25) is 0 Å². The summed E-state index contributed by atoms with van der Waals surface area (Å²) < 4.78 is 5.48. The highest BCUT2D eigenvalue weighted by molar-refractivity contribution is 6.02. The van der Waals surface area contributed by atoms with Crippen LogP contribution in [0.1, 0.15) is 36.3 Å². The topological polar surface area (TPSA) is 119 Å². The maximum atomic E-state index is 12.3. The molecule has 0 spiro atoms. The summed E-state index contributed by atoms with van der Waals surface area (Å²) in [5, 5.41) is 18.3. The Hall–Kier alpha value is -4.14. The van der Waals surface area contributed by atoms with Gasteiger partial charge in [-0.2, -0.15) is 4.98 Å². The van der Waals surface area contributed by atoms with Crippen LogP contribution in [0.3, 0.4) is 0 Å². The molecule has 1 amide bonds. The summed E-state index contributed by atoms with van der Waals surface area (Å²) >= 11 is 0. The number of aromatic nitrogens is 5. The molecular formula is C22H21N7O2. The molecule has 9 nitrogen and oxygen atoms in total. The van der Waals surface area contributed by atoms with Crippen LogP contribution < -0.4 is 10.6 Å². The lowest BCUT2D eigenvalue weighted by Crippen LogP contribution is -2.19. The van der Waals surface area contributed by atoms with Gasteiger partial charge in [-0.05, 0) is 42.3 Å². The van der Waals surface area contributed by atoms with Crippen molar-refractivity contribution in [3.8, 4) is 11.4 Å². The minimum atomic E-state index is -0.330. The van der Waals surface area contributed by atoms with Gasteiger partial charge in [-0.25, -0.2) is 0 Å². The van der Waals surface area contributed by atoms with E-state index in [9.17, 15) is 4.79 Å². The zero-order valence-corrected chi connectivity index (χ0v) is 17.1. The van der Waals surface area contributed by atoms with Crippen LogP contribution in [0.5, 0.6) is 0 Å². The lowest BCUT2D eigenvalue weighted by atomic mass is 10.0. The monoisotopic (exact) mass is 415 g/mol. The van der Waals surface area contributed by atoms with Gasteiger partial charge < -0.3 is 15.2 Å². The number of nitrogens with zero attached hydrogens (tertiary/aromatic N) is 5. The third kappa shape index (κ3) is 4.89. The molecule has 0 bridgehead atoms. The maximum absolute atomic E-state index is 12.3. The third-order valence-electron chi connectivity index (χ3n) is 4.53. The van der Waals surface area contributed by atoms with Gasteiger partial charge in [-0.15, -0.1) is 10.2 Å². The minimum absolute atomic E-state index is 0.130. The summed E-state index contributed by atoms with van der Waals surface area (Å²) in [6, 6.07) is 15.9. The van der Waals surface area contributed by atoms with E-state index in [0.717, 1.165) is 5.56 Å². The van der Waals surface area contributed by atoms with Gasteiger partial charge in [0.2, 0.25) is 11.7 Å². The number of benzene rings is 1. The molecule has 0 radical (unpaired) electrons. The van der Waals surface area contributed by atoms with Crippen LogP contribution in [0.4, 0.5) is 11.5 Å². The molecular weight excluding hydrogens is 394 g/mol. The minimum Gasteiger partial charge on any atom is -0.357 e. The van der Waals surface area contributed by atoms with Gasteiger partial charge in [0.1, 0.15) is 11.9 Å². The normalized spacial score (nSPS) is 11.8. The van der Waals surface area contributed by atoms with Crippen molar-refractivity contribution in [3.05, 3.63) is 78.6 Å². The molecule has 31 heavy (non-hydrogen) atoms. The molecule has 0 fully saturated rings. The quantitative estimate of drug-likeness (QED) is 0.465. The Morgan fingerprint density at radius 1 is 1.00 bits per heavy atom. The number of hydrogen-bond acceptors (Lipinski definition) is 8. The predicted octanol–water partition coefficient (Wildman–Crippen LogP) is 3.98. The second-order valence-electron chi connectivity index (χ2n) is 7.19. The van der Waals surface area contributed by atoms with E-state index >= 15 is 0 Å². The molecule has 0 saturated heterocycles. The van der Waals surface area contributed by atoms with Crippen molar-refractivity contribution in [2.45, 2.75) is 19.9 Å². The first kappa shape index (κ1) is 20.1. The molecule has 9 heteroatoms. The van der Waals surface area contributed by atoms with Gasteiger partial charge in [0.15, 0.2) is 5.69 Å². The molecule has 1 atom stereocenters. The molecule has 1 unspecified atom stereocenters. The molecule has 0 saturated carbocycles. The largest absolute Gasteiger partial charge is 0.357 e. The van der Waals surface area contributed by atoms with E-state index in [1.165, 1.54) is 0 Å². The van der Waals surface area contributed by atoms with E-state index in [-0.39, 0.29) is 23.6 Å². The van der Waals surface area contributed by atoms with Gasteiger partial charge >= 0.3 is 0 Å². The summed E-state index contributed by atoms with van der Waals surface area (Å²) in [6.07, 6.45) is 3.36. The number of carbonyl (C=O) groups is 1. The summed E-state index contributed by atoms with van der Waals surface area (Å²) in [5.74, 6) is 1.20. The fourth-order valence-electron chi connectivity index (χ4n) is 2.89. The lowest BCUT2D eigenvalue weighted by Gasteiger charge is -2.18. The first-order chi connectivity index (χ1) is 15.1. The van der Waals surface area contributed by atoms with Gasteiger partial charge in [-0.1, -0.05) is 37.2 Å². The number of amides is 1. The Morgan fingerprint density at radius 3 is 2.52 bits per heavy atom. The number of carbonyl (C=O) groups excluding carboxylic acids is 1. The SMILES string of the molecule is CC(C)C(Nc1ccc(C(=O)Nc2ccccc2)nn1)c1nc(-c2cccnc2)no1. The van der Waals surface area contributed by atoms with E-state index in [0.29, 0.717) is 23.2 Å². The van der Waals surface area contributed by atoms with Crippen LogP contribution in [-0.2, 0) is 0 Å². The van der Waals surface area contributed by atoms with Gasteiger partial charge in [0, 0.05) is 23.6 Å². The Labute approximate surface area is 179 Å². The smallest absolute Gasteiger partial charge is 0.276 e. The molecule has 0 aliphatic rings. The number of hydrogen-bond donors (Lipinski definition) is 2. The fraction of sp³-hybridized carbons (Fsp3) is 0.182. The van der Waals surface area contributed by atoms with E-state index < -0.39 is 0 Å². The first-order valence-corrected chi connectivity index (χ1v) is 9.81. The molecule has 4 rings (SSSR count). The zero-order valence-electron chi connectivity index (χ0n) is 17.1. The van der Waals surface area contributed by atoms with Crippen LogP contribution in [0.25, 0.3) is 11.4 Å². The average molecular weight is 415 g/mol. The highest BCUT2D eigenvalue weighted by Gasteiger charge is 2.24. The number of nitrogens with one attached hydrogen (secondary N) is 2. The molecule has 0 aliphatic heterocycles. The molecule has 2 N–H and O–H groups in total. The fourth-order valence-corrected chi connectivity index (χ4v) is 2.89. The Kier molecular flexibility index (Phi) is 5.93. The van der Waals surface area contributed by atoms with Crippen molar-refractivity contribution in [2.24, 2.45) is 5.92 Å². The van der Waals surface area contributed by atoms with Crippen molar-refractivity contribution in [1.29, 1.82) is 0 Å². The summed E-state index contributed by atoms with van der Waals surface area (Å²) in [4.78, 5) is 20.9. The van der Waals surface area contributed by atoms with E-state index in [2.05, 4.69) is 36.0 Å². The second kappa shape index (κ2) is 9.12. The summed E-state index contributed by atoms with van der Waals surface area (Å²) in [5.41, 5.74) is 1.68. The second-order valence-corrected chi connectivity index (χ2v) is 7.19. The van der Waals surface area contributed by atoms with Gasteiger partial charge in [0.25, 0.3) is 5.91 Å². The molecule has 1 aromatic carbocycles. The van der Waals surface area contributed by atoms with Crippen molar-refractivity contribution < 1.29 is 9.32 Å². The van der Waals surface area contributed by atoms with Gasteiger partial charge in [0.05, 0.1) is 0 Å². The van der Waals surface area contributed by atoms with Crippen molar-refractivity contribution in [1.82, 2.24) is 25.3 Å². The molecule has 0 aliphatic carbocycles. The van der Waals surface area contributed by atoms with Crippen LogP contribution in [0, 0.1) is 5.92 Å². The van der Waals surface area contributed by atoms with Gasteiger partial charge in [-0.3, -0.25) is 9.78 Å². The standard InChI is InChI=1S/C22H21N7O2/c1-14(2)19(22-26-20(29-31-22)15-7-6-12-23-13-15)25-18-11-10-17(27-28-18)21(30)24-16-8-4-3-5-9-16/h3-14,19H,1-2H3,(H,24,30)(H,25,28). The van der Waals surface area contributed by atoms with E-state index in [1.807, 2.05) is 44.2 Å². The molecule has 3 heterocycles. The summed E-state index contributed by atoms with van der Waals surface area (Å²) in [6.45, 7) is 4.06. The third-order valence-corrected chi connectivity index (χ3v) is 4.53. The van der Waals surface area contributed by atoms with Crippen molar-refractivity contribution in [2.75, 3.05) is 10.6 Å². The number of pyridine rings is 1. The first-order valence-electron chi connectivity index (χ1n) is 9.81. The Balaban J connectivity index is 1.46. The van der Waals surface area contributed by atoms with Crippen molar-refractivity contribution >= 4 is 17.4 Å². The predicted molar refractivity (Wildman–Crippen MR) is 115 cm³/mol. The Bertz CT molecular complexity index is 1130. The highest BCUT2D eigenvalue weighted by Crippen LogP contribution is 2.26.